The zero-order valence-corrected chi connectivity index (χ0v) is 9.05. The van der Waals surface area contributed by atoms with E-state index in [1.807, 2.05) is 26.0 Å². The van der Waals surface area contributed by atoms with Crippen LogP contribution in [0.4, 0.5) is 0 Å². The lowest BCUT2D eigenvalue weighted by atomic mass is 10.1. The Kier molecular flexibility index (Phi) is 1.52. The van der Waals surface area contributed by atoms with Gasteiger partial charge >= 0.3 is 0 Å². The third-order valence-electron chi connectivity index (χ3n) is 2.80. The van der Waals surface area contributed by atoms with Gasteiger partial charge in [0, 0.05) is 16.3 Å². The van der Waals surface area contributed by atoms with Crippen molar-refractivity contribution < 1.29 is 8.83 Å². The van der Waals surface area contributed by atoms with Crippen molar-refractivity contribution in [1.82, 2.24) is 0 Å². The van der Waals surface area contributed by atoms with Gasteiger partial charge in [-0.25, -0.2) is 0 Å². The normalized spacial score (nSPS) is 11.7. The van der Waals surface area contributed by atoms with Crippen LogP contribution in [0.25, 0.3) is 21.9 Å². The molecular weight excluding hydrogens is 188 g/mol. The Morgan fingerprint density at radius 2 is 1.60 bits per heavy atom. The average molecular weight is 200 g/mol. The molecule has 3 aromatic rings. The summed E-state index contributed by atoms with van der Waals surface area (Å²) in [4.78, 5) is 0. The molecular formula is C13H12O2. The Morgan fingerprint density at radius 3 is 2.40 bits per heavy atom. The number of hydrogen-bond donors (Lipinski definition) is 0. The van der Waals surface area contributed by atoms with E-state index in [1.54, 1.807) is 0 Å². The smallest absolute Gasteiger partial charge is 0.138 e. The lowest BCUT2D eigenvalue weighted by Gasteiger charge is -1.95. The van der Waals surface area contributed by atoms with Crippen molar-refractivity contribution in [2.45, 2.75) is 20.8 Å². The monoisotopic (exact) mass is 200 g/mol. The number of fused-ring (bicyclic) bond motifs is 2. The van der Waals surface area contributed by atoms with E-state index in [1.165, 1.54) is 0 Å². The second kappa shape index (κ2) is 2.66. The van der Waals surface area contributed by atoms with Crippen LogP contribution in [0.5, 0.6) is 0 Å². The number of aryl methyl sites for hydroxylation is 3. The van der Waals surface area contributed by atoms with Gasteiger partial charge in [-0.3, -0.25) is 0 Å². The summed E-state index contributed by atoms with van der Waals surface area (Å²) in [5.41, 5.74) is 3.08. The quantitative estimate of drug-likeness (QED) is 0.546. The molecule has 1 aromatic carbocycles. The fourth-order valence-electron chi connectivity index (χ4n) is 2.13. The first-order chi connectivity index (χ1) is 7.15. The first kappa shape index (κ1) is 8.60. The SMILES string of the molecule is Cc1cc2c(C)c3oc(C)cc3cc2o1. The summed E-state index contributed by atoms with van der Waals surface area (Å²) in [5.74, 6) is 1.88. The Balaban J connectivity index is 2.56. The fourth-order valence-corrected chi connectivity index (χ4v) is 2.13. The lowest BCUT2D eigenvalue weighted by Crippen LogP contribution is -1.74. The van der Waals surface area contributed by atoms with Crippen LogP contribution in [0.1, 0.15) is 17.1 Å². The summed E-state index contributed by atoms with van der Waals surface area (Å²) >= 11 is 0. The van der Waals surface area contributed by atoms with Crippen molar-refractivity contribution in [3.05, 3.63) is 35.3 Å². The van der Waals surface area contributed by atoms with E-state index in [9.17, 15) is 0 Å². The number of furan rings is 2. The van der Waals surface area contributed by atoms with Gasteiger partial charge < -0.3 is 8.83 Å². The maximum atomic E-state index is 5.67. The van der Waals surface area contributed by atoms with Gasteiger partial charge in [-0.05, 0) is 39.0 Å². The third kappa shape index (κ3) is 1.11. The van der Waals surface area contributed by atoms with Crippen LogP contribution >= 0.6 is 0 Å². The van der Waals surface area contributed by atoms with Crippen molar-refractivity contribution in [3.8, 4) is 0 Å². The molecule has 0 amide bonds. The molecule has 2 heterocycles. The van der Waals surface area contributed by atoms with Gasteiger partial charge in [-0.2, -0.15) is 0 Å². The molecule has 2 nitrogen and oxygen atoms in total. The summed E-state index contributed by atoms with van der Waals surface area (Å²) in [6.07, 6.45) is 0. The first-order valence-electron chi connectivity index (χ1n) is 5.05. The second-order valence-electron chi connectivity index (χ2n) is 4.05. The minimum absolute atomic E-state index is 0.942. The topological polar surface area (TPSA) is 26.3 Å². The molecule has 0 unspecified atom stereocenters. The van der Waals surface area contributed by atoms with Crippen molar-refractivity contribution >= 4 is 21.9 Å². The molecule has 0 aliphatic carbocycles. The van der Waals surface area contributed by atoms with E-state index in [4.69, 9.17) is 8.83 Å². The molecule has 0 atom stereocenters. The molecule has 0 spiro atoms. The molecule has 2 aromatic heterocycles. The number of benzene rings is 1. The maximum absolute atomic E-state index is 5.67. The molecule has 0 aliphatic heterocycles. The Labute approximate surface area is 87.5 Å². The Morgan fingerprint density at radius 1 is 0.867 bits per heavy atom. The van der Waals surface area contributed by atoms with E-state index < -0.39 is 0 Å². The van der Waals surface area contributed by atoms with Crippen LogP contribution in [0.2, 0.25) is 0 Å². The zero-order chi connectivity index (χ0) is 10.6. The standard InChI is InChI=1S/C13H12O2/c1-7-4-10-6-12-11(5-8(2)14-12)9(3)13(10)15-7/h4-6H,1-3H3. The van der Waals surface area contributed by atoms with Gasteiger partial charge in [0.05, 0.1) is 0 Å². The lowest BCUT2D eigenvalue weighted by molar-refractivity contribution is 0.574. The van der Waals surface area contributed by atoms with E-state index in [0.717, 1.165) is 39.0 Å². The van der Waals surface area contributed by atoms with Crippen LogP contribution in [-0.2, 0) is 0 Å². The van der Waals surface area contributed by atoms with E-state index >= 15 is 0 Å². The molecule has 0 saturated carbocycles. The van der Waals surface area contributed by atoms with Gasteiger partial charge in [-0.1, -0.05) is 0 Å². The summed E-state index contributed by atoms with van der Waals surface area (Å²) in [7, 11) is 0. The van der Waals surface area contributed by atoms with E-state index in [0.29, 0.717) is 0 Å². The molecule has 15 heavy (non-hydrogen) atoms. The fraction of sp³-hybridized carbons (Fsp3) is 0.231. The predicted molar refractivity (Wildman–Crippen MR) is 60.2 cm³/mol. The van der Waals surface area contributed by atoms with Crippen LogP contribution in [0.15, 0.2) is 27.0 Å². The van der Waals surface area contributed by atoms with Crippen molar-refractivity contribution in [2.75, 3.05) is 0 Å². The van der Waals surface area contributed by atoms with Gasteiger partial charge in [-0.15, -0.1) is 0 Å². The summed E-state index contributed by atoms with van der Waals surface area (Å²) in [6.45, 7) is 6.00. The van der Waals surface area contributed by atoms with Crippen molar-refractivity contribution in [3.63, 3.8) is 0 Å². The highest BCUT2D eigenvalue weighted by atomic mass is 16.3. The molecule has 0 bridgehead atoms. The van der Waals surface area contributed by atoms with Crippen molar-refractivity contribution in [1.29, 1.82) is 0 Å². The van der Waals surface area contributed by atoms with Gasteiger partial charge in [0.1, 0.15) is 22.7 Å². The number of hydrogen-bond acceptors (Lipinski definition) is 2. The van der Waals surface area contributed by atoms with Crippen LogP contribution in [0, 0.1) is 20.8 Å². The van der Waals surface area contributed by atoms with E-state index in [2.05, 4.69) is 13.0 Å². The molecule has 3 rings (SSSR count). The van der Waals surface area contributed by atoms with Gasteiger partial charge in [0.25, 0.3) is 0 Å². The Hall–Kier alpha value is -1.70. The first-order valence-corrected chi connectivity index (χ1v) is 5.05. The highest BCUT2D eigenvalue weighted by Crippen LogP contribution is 2.31. The van der Waals surface area contributed by atoms with Crippen LogP contribution < -0.4 is 0 Å². The second-order valence-corrected chi connectivity index (χ2v) is 4.05. The zero-order valence-electron chi connectivity index (χ0n) is 9.05. The van der Waals surface area contributed by atoms with Crippen molar-refractivity contribution in [2.24, 2.45) is 0 Å². The summed E-state index contributed by atoms with van der Waals surface area (Å²) < 4.78 is 11.3. The summed E-state index contributed by atoms with van der Waals surface area (Å²) in [6, 6.07) is 6.14. The van der Waals surface area contributed by atoms with Crippen LogP contribution in [-0.4, -0.2) is 0 Å². The highest BCUT2D eigenvalue weighted by molar-refractivity contribution is 5.97. The average Bonchev–Trinajstić information content (AvgIpc) is 2.69. The molecule has 0 radical (unpaired) electrons. The summed E-state index contributed by atoms with van der Waals surface area (Å²) in [5, 5.41) is 2.27. The maximum Gasteiger partial charge on any atom is 0.138 e. The largest absolute Gasteiger partial charge is 0.461 e. The van der Waals surface area contributed by atoms with E-state index in [-0.39, 0.29) is 0 Å². The number of rotatable bonds is 0. The Bertz CT molecular complexity index is 601. The minimum Gasteiger partial charge on any atom is -0.461 e. The predicted octanol–water partition coefficient (Wildman–Crippen LogP) is 4.10. The third-order valence-corrected chi connectivity index (χ3v) is 2.80. The molecule has 0 aliphatic rings. The molecule has 76 valence electrons. The van der Waals surface area contributed by atoms with Gasteiger partial charge in [0.2, 0.25) is 0 Å². The van der Waals surface area contributed by atoms with Gasteiger partial charge in [0.15, 0.2) is 0 Å². The van der Waals surface area contributed by atoms with Crippen LogP contribution in [0.3, 0.4) is 0 Å². The molecule has 0 fully saturated rings. The minimum atomic E-state index is 0.942. The molecule has 2 heteroatoms. The molecule has 0 saturated heterocycles. The highest BCUT2D eigenvalue weighted by Gasteiger charge is 2.11. The molecule has 0 N–H and O–H groups in total.